The second kappa shape index (κ2) is 8.04. The number of para-hydroxylation sites is 1. The Morgan fingerprint density at radius 2 is 1.73 bits per heavy atom. The number of carboxylic acid groups (broad SMARTS) is 1. The molecule has 1 aromatic heterocycles. The number of carboxylic acids is 1. The molecule has 0 aliphatic heterocycles. The number of nitrogens with zero attached hydrogens (tertiary/aromatic N) is 2. The first-order valence-electron chi connectivity index (χ1n) is 9.20. The fourth-order valence-corrected chi connectivity index (χ4v) is 3.18. The van der Waals surface area contributed by atoms with Gasteiger partial charge in [-0.05, 0) is 36.6 Å². The number of rotatable bonds is 6. The van der Waals surface area contributed by atoms with Gasteiger partial charge in [0.1, 0.15) is 5.75 Å². The standard InChI is InChI=1S/C22H17N3O5/c1-2-29-17-12-4-3-9-14(17)20-24-25-22(30-20)23-19(26)15-10-5-7-13-8-6-11-16(18(13)15)21(27)28/h3-12H,2H2,1H3,(H,27,28)(H,23,25,26). The number of carbonyl (C=O) groups excluding carboxylic acids is 1. The van der Waals surface area contributed by atoms with E-state index in [1.165, 1.54) is 6.07 Å². The molecule has 1 amide bonds. The lowest BCUT2D eigenvalue weighted by molar-refractivity contribution is 0.0699. The predicted octanol–water partition coefficient (Wildman–Crippen LogP) is 4.24. The Labute approximate surface area is 171 Å². The molecule has 0 saturated heterocycles. The number of amides is 1. The van der Waals surface area contributed by atoms with Crippen LogP contribution in [0.15, 0.2) is 65.1 Å². The highest BCUT2D eigenvalue weighted by Gasteiger charge is 2.19. The molecule has 0 radical (unpaired) electrons. The molecule has 0 atom stereocenters. The Morgan fingerprint density at radius 3 is 2.47 bits per heavy atom. The molecule has 4 rings (SSSR count). The highest BCUT2D eigenvalue weighted by atomic mass is 16.5. The van der Waals surface area contributed by atoms with Crippen LogP contribution in [0.25, 0.3) is 22.2 Å². The molecule has 0 aliphatic carbocycles. The lowest BCUT2D eigenvalue weighted by atomic mass is 9.99. The van der Waals surface area contributed by atoms with Crippen LogP contribution in [-0.2, 0) is 0 Å². The van der Waals surface area contributed by atoms with Crippen LogP contribution >= 0.6 is 0 Å². The smallest absolute Gasteiger partial charge is 0.336 e. The van der Waals surface area contributed by atoms with E-state index in [0.717, 1.165) is 0 Å². The quantitative estimate of drug-likeness (QED) is 0.495. The van der Waals surface area contributed by atoms with Gasteiger partial charge in [0.25, 0.3) is 11.8 Å². The molecule has 2 N–H and O–H groups in total. The zero-order valence-electron chi connectivity index (χ0n) is 16.0. The summed E-state index contributed by atoms with van der Waals surface area (Å²) >= 11 is 0. The van der Waals surface area contributed by atoms with Crippen LogP contribution in [0.5, 0.6) is 5.75 Å². The molecule has 0 fully saturated rings. The summed E-state index contributed by atoms with van der Waals surface area (Å²) < 4.78 is 11.2. The van der Waals surface area contributed by atoms with Crippen molar-refractivity contribution in [2.45, 2.75) is 6.92 Å². The highest BCUT2D eigenvalue weighted by molar-refractivity contribution is 6.17. The number of aromatic nitrogens is 2. The van der Waals surface area contributed by atoms with E-state index in [2.05, 4.69) is 15.5 Å². The summed E-state index contributed by atoms with van der Waals surface area (Å²) in [5, 5.41) is 20.9. The number of carbonyl (C=O) groups is 2. The van der Waals surface area contributed by atoms with Crippen LogP contribution in [-0.4, -0.2) is 33.8 Å². The van der Waals surface area contributed by atoms with Crippen LogP contribution in [0.1, 0.15) is 27.6 Å². The van der Waals surface area contributed by atoms with Gasteiger partial charge in [0.05, 0.1) is 17.7 Å². The Balaban J connectivity index is 1.66. The van der Waals surface area contributed by atoms with Gasteiger partial charge in [0, 0.05) is 10.9 Å². The number of nitrogens with one attached hydrogen (secondary N) is 1. The summed E-state index contributed by atoms with van der Waals surface area (Å²) in [6, 6.07) is 16.9. The Hall–Kier alpha value is -4.20. The normalized spacial score (nSPS) is 10.7. The average Bonchev–Trinajstić information content (AvgIpc) is 3.21. The number of anilines is 1. The van der Waals surface area contributed by atoms with E-state index >= 15 is 0 Å². The fourth-order valence-electron chi connectivity index (χ4n) is 3.18. The number of aromatic carboxylic acids is 1. The second-order valence-corrected chi connectivity index (χ2v) is 6.31. The maximum atomic E-state index is 12.9. The van der Waals surface area contributed by atoms with Gasteiger partial charge >= 0.3 is 12.0 Å². The summed E-state index contributed by atoms with van der Waals surface area (Å²) in [5.41, 5.74) is 0.834. The molecule has 0 bridgehead atoms. The minimum Gasteiger partial charge on any atom is -0.493 e. The Bertz CT molecular complexity index is 1240. The van der Waals surface area contributed by atoms with Crippen molar-refractivity contribution in [1.82, 2.24) is 10.2 Å². The van der Waals surface area contributed by atoms with E-state index in [0.29, 0.717) is 28.7 Å². The fraction of sp³-hybridized carbons (Fsp3) is 0.0909. The van der Waals surface area contributed by atoms with Crippen molar-refractivity contribution in [3.8, 4) is 17.2 Å². The van der Waals surface area contributed by atoms with E-state index < -0.39 is 11.9 Å². The van der Waals surface area contributed by atoms with E-state index in [9.17, 15) is 14.7 Å². The zero-order valence-corrected chi connectivity index (χ0v) is 16.0. The van der Waals surface area contributed by atoms with Crippen molar-refractivity contribution in [3.63, 3.8) is 0 Å². The van der Waals surface area contributed by atoms with Crippen LogP contribution < -0.4 is 10.1 Å². The van der Waals surface area contributed by atoms with Crippen LogP contribution in [0.2, 0.25) is 0 Å². The minimum absolute atomic E-state index is 0.0371. The molecule has 0 spiro atoms. The molecule has 4 aromatic rings. The van der Waals surface area contributed by atoms with Gasteiger partial charge in [-0.2, -0.15) is 0 Å². The summed E-state index contributed by atoms with van der Waals surface area (Å²) in [5.74, 6) is -0.892. The van der Waals surface area contributed by atoms with Gasteiger partial charge in [-0.15, -0.1) is 5.10 Å². The molecular weight excluding hydrogens is 386 g/mol. The molecule has 150 valence electrons. The average molecular weight is 403 g/mol. The Morgan fingerprint density at radius 1 is 1.00 bits per heavy atom. The third kappa shape index (κ3) is 3.58. The van der Waals surface area contributed by atoms with Crippen molar-refractivity contribution in [1.29, 1.82) is 0 Å². The van der Waals surface area contributed by atoms with Crippen LogP contribution in [0.4, 0.5) is 6.01 Å². The molecule has 8 nitrogen and oxygen atoms in total. The van der Waals surface area contributed by atoms with Crippen molar-refractivity contribution < 1.29 is 23.8 Å². The second-order valence-electron chi connectivity index (χ2n) is 6.31. The first kappa shape index (κ1) is 19.1. The highest BCUT2D eigenvalue weighted by Crippen LogP contribution is 2.30. The van der Waals surface area contributed by atoms with Gasteiger partial charge in [-0.3, -0.25) is 10.1 Å². The summed E-state index contributed by atoms with van der Waals surface area (Å²) in [4.78, 5) is 24.5. The van der Waals surface area contributed by atoms with Crippen molar-refractivity contribution in [3.05, 3.63) is 71.8 Å². The number of hydrogen-bond acceptors (Lipinski definition) is 6. The minimum atomic E-state index is -1.12. The number of ether oxygens (including phenoxy) is 1. The summed E-state index contributed by atoms with van der Waals surface area (Å²) in [6.45, 7) is 2.34. The largest absolute Gasteiger partial charge is 0.493 e. The SMILES string of the molecule is CCOc1ccccc1-c1nnc(NC(=O)c2cccc3cccc(C(=O)O)c23)o1. The third-order valence-electron chi connectivity index (χ3n) is 4.44. The molecule has 0 saturated carbocycles. The Kier molecular flexibility index (Phi) is 5.13. The number of hydrogen-bond donors (Lipinski definition) is 2. The molecule has 1 heterocycles. The number of fused-ring (bicyclic) bond motifs is 1. The number of benzene rings is 3. The lowest BCUT2D eigenvalue weighted by Gasteiger charge is -2.08. The first-order valence-corrected chi connectivity index (χ1v) is 9.20. The third-order valence-corrected chi connectivity index (χ3v) is 4.44. The summed E-state index contributed by atoms with van der Waals surface area (Å²) in [6.07, 6.45) is 0. The predicted molar refractivity (Wildman–Crippen MR) is 110 cm³/mol. The molecule has 3 aromatic carbocycles. The van der Waals surface area contributed by atoms with Crippen LogP contribution in [0, 0.1) is 0 Å². The maximum absolute atomic E-state index is 12.9. The van der Waals surface area contributed by atoms with E-state index in [4.69, 9.17) is 9.15 Å². The maximum Gasteiger partial charge on any atom is 0.336 e. The van der Waals surface area contributed by atoms with E-state index in [1.54, 1.807) is 42.5 Å². The topological polar surface area (TPSA) is 115 Å². The molecule has 30 heavy (non-hydrogen) atoms. The zero-order chi connectivity index (χ0) is 21.1. The molecule has 0 unspecified atom stereocenters. The van der Waals surface area contributed by atoms with Crippen molar-refractivity contribution >= 4 is 28.7 Å². The molecular formula is C22H17N3O5. The van der Waals surface area contributed by atoms with Gasteiger partial charge in [-0.1, -0.05) is 41.5 Å². The van der Waals surface area contributed by atoms with Crippen LogP contribution in [0.3, 0.4) is 0 Å². The first-order chi connectivity index (χ1) is 14.6. The van der Waals surface area contributed by atoms with Crippen molar-refractivity contribution in [2.75, 3.05) is 11.9 Å². The van der Waals surface area contributed by atoms with Gasteiger partial charge in [0.15, 0.2) is 0 Å². The molecule has 0 aliphatic rings. The van der Waals surface area contributed by atoms with Gasteiger partial charge in [0.2, 0.25) is 0 Å². The van der Waals surface area contributed by atoms with E-state index in [-0.39, 0.29) is 23.0 Å². The monoisotopic (exact) mass is 403 g/mol. The lowest BCUT2D eigenvalue weighted by Crippen LogP contribution is -2.14. The molecule has 8 heteroatoms. The van der Waals surface area contributed by atoms with Gasteiger partial charge in [-0.25, -0.2) is 4.79 Å². The van der Waals surface area contributed by atoms with Crippen molar-refractivity contribution in [2.24, 2.45) is 0 Å². The van der Waals surface area contributed by atoms with E-state index in [1.807, 2.05) is 19.1 Å². The summed E-state index contributed by atoms with van der Waals surface area (Å²) in [7, 11) is 0. The van der Waals surface area contributed by atoms with Gasteiger partial charge < -0.3 is 14.3 Å².